The van der Waals surface area contributed by atoms with E-state index in [-0.39, 0.29) is 18.1 Å². The predicted molar refractivity (Wildman–Crippen MR) is 79.8 cm³/mol. The number of benzene rings is 1. The van der Waals surface area contributed by atoms with Crippen LogP contribution in [-0.4, -0.2) is 39.6 Å². The van der Waals surface area contributed by atoms with Crippen LogP contribution < -0.4 is 0 Å². The van der Waals surface area contributed by atoms with Gasteiger partial charge < -0.3 is 14.4 Å². The van der Waals surface area contributed by atoms with Crippen molar-refractivity contribution in [3.63, 3.8) is 0 Å². The van der Waals surface area contributed by atoms with Gasteiger partial charge in [-0.05, 0) is 32.9 Å². The van der Waals surface area contributed by atoms with Gasteiger partial charge in [0.2, 0.25) is 5.89 Å². The molecule has 0 fully saturated rings. The van der Waals surface area contributed by atoms with Crippen LogP contribution in [-0.2, 0) is 0 Å². The molecule has 0 unspecified atom stereocenters. The maximum Gasteiger partial charge on any atom is 0.275 e. The molecule has 1 N–H and O–H groups in total. The molecule has 0 atom stereocenters. The van der Waals surface area contributed by atoms with Gasteiger partial charge in [0.25, 0.3) is 5.91 Å². The number of carbonyl (C=O) groups is 1. The van der Waals surface area contributed by atoms with E-state index in [1.807, 2.05) is 37.3 Å². The van der Waals surface area contributed by atoms with E-state index in [1.165, 1.54) is 6.26 Å². The predicted octanol–water partition coefficient (Wildman–Crippen LogP) is 2.57. The lowest BCUT2D eigenvalue weighted by Crippen LogP contribution is -2.42. The van der Waals surface area contributed by atoms with Crippen LogP contribution in [0.2, 0.25) is 0 Å². The molecule has 0 saturated carbocycles. The van der Waals surface area contributed by atoms with Crippen LogP contribution in [0.25, 0.3) is 11.5 Å². The van der Waals surface area contributed by atoms with E-state index in [9.17, 15) is 9.90 Å². The highest BCUT2D eigenvalue weighted by Crippen LogP contribution is 2.19. The Morgan fingerprint density at radius 1 is 1.33 bits per heavy atom. The molecule has 0 radical (unpaired) electrons. The number of hydrogen-bond donors (Lipinski definition) is 1. The zero-order chi connectivity index (χ0) is 15.5. The van der Waals surface area contributed by atoms with E-state index in [0.29, 0.717) is 12.4 Å². The average molecular weight is 288 g/mol. The third-order valence-corrected chi connectivity index (χ3v) is 2.99. The van der Waals surface area contributed by atoms with Crippen LogP contribution in [0.3, 0.4) is 0 Å². The molecule has 0 aliphatic rings. The van der Waals surface area contributed by atoms with Crippen LogP contribution >= 0.6 is 0 Å². The summed E-state index contributed by atoms with van der Waals surface area (Å²) in [5, 5.41) is 9.86. The normalized spacial score (nSPS) is 11.4. The number of nitrogens with zero attached hydrogens (tertiary/aromatic N) is 2. The summed E-state index contributed by atoms with van der Waals surface area (Å²) >= 11 is 0. The fraction of sp³-hybridized carbons (Fsp3) is 0.375. The molecular formula is C16H20N2O3. The molecule has 0 aliphatic heterocycles. The Balaban J connectivity index is 2.18. The van der Waals surface area contributed by atoms with Crippen LogP contribution in [0.4, 0.5) is 0 Å². The Kier molecular flexibility index (Phi) is 4.43. The molecule has 1 aromatic carbocycles. The van der Waals surface area contributed by atoms with Gasteiger partial charge in [0.1, 0.15) is 6.26 Å². The van der Waals surface area contributed by atoms with Crippen molar-refractivity contribution in [2.45, 2.75) is 26.4 Å². The number of amides is 1. The summed E-state index contributed by atoms with van der Waals surface area (Å²) in [6, 6.07) is 9.41. The maximum absolute atomic E-state index is 12.4. The van der Waals surface area contributed by atoms with Gasteiger partial charge in [-0.1, -0.05) is 18.2 Å². The zero-order valence-electron chi connectivity index (χ0n) is 12.5. The van der Waals surface area contributed by atoms with Crippen molar-refractivity contribution in [3.8, 4) is 11.5 Å². The Hall–Kier alpha value is -2.14. The first kappa shape index (κ1) is 15.3. The molecule has 2 aromatic rings. The highest BCUT2D eigenvalue weighted by atomic mass is 16.3. The summed E-state index contributed by atoms with van der Waals surface area (Å²) in [6.07, 6.45) is 1.36. The molecule has 21 heavy (non-hydrogen) atoms. The molecular weight excluding hydrogens is 268 g/mol. The van der Waals surface area contributed by atoms with Gasteiger partial charge in [0.05, 0.1) is 5.60 Å². The highest BCUT2D eigenvalue weighted by molar-refractivity contribution is 5.92. The average Bonchev–Trinajstić information content (AvgIpc) is 2.94. The Morgan fingerprint density at radius 2 is 2.00 bits per heavy atom. The smallest absolute Gasteiger partial charge is 0.275 e. The minimum atomic E-state index is -0.947. The van der Waals surface area contributed by atoms with Crippen LogP contribution in [0.15, 0.2) is 41.0 Å². The van der Waals surface area contributed by atoms with Gasteiger partial charge in [0.15, 0.2) is 5.69 Å². The topological polar surface area (TPSA) is 66.6 Å². The van der Waals surface area contributed by atoms with E-state index in [0.717, 1.165) is 5.56 Å². The van der Waals surface area contributed by atoms with E-state index >= 15 is 0 Å². The van der Waals surface area contributed by atoms with Crippen molar-refractivity contribution < 1.29 is 14.3 Å². The number of likely N-dealkylation sites (N-methyl/N-ethyl adjacent to an activating group) is 1. The van der Waals surface area contributed by atoms with Gasteiger partial charge in [0, 0.05) is 18.7 Å². The van der Waals surface area contributed by atoms with Crippen molar-refractivity contribution in [1.82, 2.24) is 9.88 Å². The summed E-state index contributed by atoms with van der Waals surface area (Å²) in [5.41, 5.74) is 0.125. The lowest BCUT2D eigenvalue weighted by Gasteiger charge is -2.27. The zero-order valence-corrected chi connectivity index (χ0v) is 12.5. The molecule has 112 valence electrons. The molecule has 5 nitrogen and oxygen atoms in total. The van der Waals surface area contributed by atoms with Gasteiger partial charge in [-0.2, -0.15) is 0 Å². The Morgan fingerprint density at radius 3 is 2.57 bits per heavy atom. The minimum Gasteiger partial charge on any atom is -0.444 e. The van der Waals surface area contributed by atoms with Crippen LogP contribution in [0, 0.1) is 0 Å². The van der Waals surface area contributed by atoms with Crippen molar-refractivity contribution in [2.75, 3.05) is 13.1 Å². The van der Waals surface area contributed by atoms with Crippen molar-refractivity contribution in [1.29, 1.82) is 0 Å². The lowest BCUT2D eigenvalue weighted by atomic mass is 10.1. The van der Waals surface area contributed by atoms with Gasteiger partial charge in [-0.3, -0.25) is 4.79 Å². The van der Waals surface area contributed by atoms with E-state index in [1.54, 1.807) is 18.7 Å². The largest absolute Gasteiger partial charge is 0.444 e. The van der Waals surface area contributed by atoms with Crippen LogP contribution in [0.1, 0.15) is 31.3 Å². The summed E-state index contributed by atoms with van der Waals surface area (Å²) in [5.74, 6) is 0.170. The Bertz CT molecular complexity index is 599. The molecule has 0 spiro atoms. The standard InChI is InChI=1S/C16H20N2O3/c1-4-18(11-16(2,3)20)15(19)13-10-21-14(17-13)12-8-6-5-7-9-12/h5-10,20H,4,11H2,1-3H3. The maximum atomic E-state index is 12.4. The summed E-state index contributed by atoms with van der Waals surface area (Å²) < 4.78 is 5.38. The van der Waals surface area contributed by atoms with Gasteiger partial charge in [-0.25, -0.2) is 4.98 Å². The minimum absolute atomic E-state index is 0.245. The first-order valence-electron chi connectivity index (χ1n) is 6.93. The molecule has 1 aromatic heterocycles. The van der Waals surface area contributed by atoms with Crippen molar-refractivity contribution in [3.05, 3.63) is 42.3 Å². The molecule has 1 amide bonds. The summed E-state index contributed by atoms with van der Waals surface area (Å²) in [6.45, 7) is 5.94. The second-order valence-electron chi connectivity index (χ2n) is 5.54. The first-order chi connectivity index (χ1) is 9.90. The molecule has 0 aliphatic carbocycles. The fourth-order valence-corrected chi connectivity index (χ4v) is 2.04. The highest BCUT2D eigenvalue weighted by Gasteiger charge is 2.24. The fourth-order valence-electron chi connectivity index (χ4n) is 2.04. The van der Waals surface area contributed by atoms with Crippen LogP contribution in [0.5, 0.6) is 0 Å². The number of oxazole rings is 1. The SMILES string of the molecule is CCN(CC(C)(C)O)C(=O)c1coc(-c2ccccc2)n1. The first-order valence-corrected chi connectivity index (χ1v) is 6.93. The van der Waals surface area contributed by atoms with Crippen molar-refractivity contribution in [2.24, 2.45) is 0 Å². The molecule has 0 bridgehead atoms. The number of aromatic nitrogens is 1. The number of rotatable bonds is 5. The lowest BCUT2D eigenvalue weighted by molar-refractivity contribution is 0.0311. The van der Waals surface area contributed by atoms with E-state index in [4.69, 9.17) is 4.42 Å². The van der Waals surface area contributed by atoms with Crippen molar-refractivity contribution >= 4 is 5.91 Å². The van der Waals surface area contributed by atoms with E-state index < -0.39 is 5.60 Å². The Labute approximate surface area is 124 Å². The second-order valence-corrected chi connectivity index (χ2v) is 5.54. The third kappa shape index (κ3) is 3.92. The monoisotopic (exact) mass is 288 g/mol. The van der Waals surface area contributed by atoms with E-state index in [2.05, 4.69) is 4.98 Å². The summed E-state index contributed by atoms with van der Waals surface area (Å²) in [4.78, 5) is 18.2. The molecule has 5 heteroatoms. The number of carbonyl (C=O) groups excluding carboxylic acids is 1. The quantitative estimate of drug-likeness (QED) is 0.918. The van der Waals surface area contributed by atoms with Gasteiger partial charge >= 0.3 is 0 Å². The second kappa shape index (κ2) is 6.10. The molecule has 1 heterocycles. The summed E-state index contributed by atoms with van der Waals surface area (Å²) in [7, 11) is 0. The molecule has 2 rings (SSSR count). The third-order valence-electron chi connectivity index (χ3n) is 2.99. The molecule has 0 saturated heterocycles. The number of aliphatic hydroxyl groups is 1. The van der Waals surface area contributed by atoms with Gasteiger partial charge in [-0.15, -0.1) is 0 Å². The number of hydrogen-bond acceptors (Lipinski definition) is 4.